The van der Waals surface area contributed by atoms with Crippen molar-refractivity contribution in [3.8, 4) is 0 Å². The molecule has 2 unspecified atom stereocenters. The lowest BCUT2D eigenvalue weighted by molar-refractivity contribution is -0.0312. The molecule has 2 atom stereocenters. The van der Waals surface area contributed by atoms with Gasteiger partial charge in [-0.25, -0.2) is 9.59 Å². The zero-order valence-electron chi connectivity index (χ0n) is 13.8. The first kappa shape index (κ1) is 18.6. The van der Waals surface area contributed by atoms with Gasteiger partial charge in [-0.3, -0.25) is 0 Å². The van der Waals surface area contributed by atoms with Crippen molar-refractivity contribution in [2.45, 2.75) is 71.0 Å². The maximum absolute atomic E-state index is 11.6. The van der Waals surface area contributed by atoms with E-state index in [-0.39, 0.29) is 12.2 Å². The van der Waals surface area contributed by atoms with Crippen LogP contribution in [0.3, 0.4) is 0 Å². The zero-order valence-corrected chi connectivity index (χ0v) is 13.8. The maximum Gasteiger partial charge on any atom is 0.508 e. The topological polar surface area (TPSA) is 71.1 Å². The van der Waals surface area contributed by atoms with Crippen molar-refractivity contribution in [2.75, 3.05) is 13.7 Å². The third-order valence-electron chi connectivity index (χ3n) is 3.67. The summed E-state index contributed by atoms with van der Waals surface area (Å²) in [4.78, 5) is 22.7. The van der Waals surface area contributed by atoms with Gasteiger partial charge in [0.25, 0.3) is 0 Å². The summed E-state index contributed by atoms with van der Waals surface area (Å²) in [6.45, 7) is 4.73. The molecule has 0 heterocycles. The van der Waals surface area contributed by atoms with Gasteiger partial charge in [-0.1, -0.05) is 20.3 Å². The summed E-state index contributed by atoms with van der Waals surface area (Å²) in [5.41, 5.74) is 0. The zero-order chi connectivity index (χ0) is 16.4. The van der Waals surface area contributed by atoms with Crippen molar-refractivity contribution in [3.63, 3.8) is 0 Å². The summed E-state index contributed by atoms with van der Waals surface area (Å²) in [5, 5.41) is 0. The molecule has 22 heavy (non-hydrogen) atoms. The highest BCUT2D eigenvalue weighted by Crippen LogP contribution is 2.24. The van der Waals surface area contributed by atoms with Crippen LogP contribution in [0, 0.1) is 5.92 Å². The largest absolute Gasteiger partial charge is 0.508 e. The number of carbonyl (C=O) groups excluding carboxylic acids is 2. The van der Waals surface area contributed by atoms with Gasteiger partial charge in [0, 0.05) is 6.42 Å². The molecule has 6 heteroatoms. The number of ether oxygens (including phenoxy) is 4. The summed E-state index contributed by atoms with van der Waals surface area (Å²) in [7, 11) is 1.27. The molecule has 0 amide bonds. The van der Waals surface area contributed by atoms with Crippen LogP contribution in [-0.2, 0) is 18.9 Å². The Kier molecular flexibility index (Phi) is 8.70. The van der Waals surface area contributed by atoms with E-state index in [1.165, 1.54) is 7.11 Å². The van der Waals surface area contributed by atoms with Crippen LogP contribution in [-0.4, -0.2) is 38.2 Å². The summed E-state index contributed by atoms with van der Waals surface area (Å²) in [6.07, 6.45) is 4.06. The van der Waals surface area contributed by atoms with Crippen molar-refractivity contribution < 1.29 is 28.5 Å². The van der Waals surface area contributed by atoms with Gasteiger partial charge in [-0.2, -0.15) is 0 Å². The number of hydrogen-bond acceptors (Lipinski definition) is 6. The standard InChI is InChI=1S/C16H28O6/c1-12(2)7-4-5-10-20-16(18)22-14-9-6-8-13(11-14)21-15(17)19-3/h12-14H,4-11H2,1-3H3. The first-order valence-corrected chi connectivity index (χ1v) is 8.09. The fraction of sp³-hybridized carbons (Fsp3) is 0.875. The third-order valence-corrected chi connectivity index (χ3v) is 3.67. The second kappa shape index (κ2) is 10.3. The van der Waals surface area contributed by atoms with Crippen molar-refractivity contribution >= 4 is 12.3 Å². The van der Waals surface area contributed by atoms with Crippen molar-refractivity contribution in [3.05, 3.63) is 0 Å². The molecule has 0 radical (unpaired) electrons. The molecule has 1 aliphatic carbocycles. The Hall–Kier alpha value is -1.46. The smallest absolute Gasteiger partial charge is 0.438 e. The Balaban J connectivity index is 2.16. The lowest BCUT2D eigenvalue weighted by Gasteiger charge is -2.27. The van der Waals surface area contributed by atoms with Crippen LogP contribution in [0.15, 0.2) is 0 Å². The highest BCUT2D eigenvalue weighted by Gasteiger charge is 2.28. The summed E-state index contributed by atoms with van der Waals surface area (Å²) in [6, 6.07) is 0. The van der Waals surface area contributed by atoms with Crippen LogP contribution in [0.1, 0.15) is 58.8 Å². The Morgan fingerprint density at radius 2 is 1.68 bits per heavy atom. The molecular formula is C16H28O6. The van der Waals surface area contributed by atoms with E-state index in [4.69, 9.17) is 14.2 Å². The van der Waals surface area contributed by atoms with E-state index < -0.39 is 12.3 Å². The van der Waals surface area contributed by atoms with E-state index in [0.717, 1.165) is 38.5 Å². The van der Waals surface area contributed by atoms with Crippen LogP contribution >= 0.6 is 0 Å². The lowest BCUT2D eigenvalue weighted by Crippen LogP contribution is -2.31. The monoisotopic (exact) mass is 316 g/mol. The van der Waals surface area contributed by atoms with E-state index >= 15 is 0 Å². The predicted octanol–water partition coefficient (Wildman–Crippen LogP) is 4.06. The molecule has 0 aromatic carbocycles. The fourth-order valence-corrected chi connectivity index (χ4v) is 2.48. The normalized spacial score (nSPS) is 21.3. The van der Waals surface area contributed by atoms with E-state index in [1.807, 2.05) is 0 Å². The molecule has 0 aliphatic heterocycles. The van der Waals surface area contributed by atoms with Crippen molar-refractivity contribution in [1.82, 2.24) is 0 Å². The number of carbonyl (C=O) groups is 2. The average molecular weight is 316 g/mol. The molecule has 0 saturated heterocycles. The lowest BCUT2D eigenvalue weighted by atomic mass is 9.95. The number of hydrogen-bond donors (Lipinski definition) is 0. The van der Waals surface area contributed by atoms with Gasteiger partial charge < -0.3 is 18.9 Å². The van der Waals surface area contributed by atoms with E-state index in [1.54, 1.807) is 0 Å². The van der Waals surface area contributed by atoms with Gasteiger partial charge in [0.2, 0.25) is 0 Å². The van der Waals surface area contributed by atoms with Crippen LogP contribution in [0.25, 0.3) is 0 Å². The van der Waals surface area contributed by atoms with Gasteiger partial charge >= 0.3 is 12.3 Å². The molecule has 1 fully saturated rings. The summed E-state index contributed by atoms with van der Waals surface area (Å²) in [5.74, 6) is 0.668. The van der Waals surface area contributed by atoms with Crippen molar-refractivity contribution in [1.29, 1.82) is 0 Å². The molecular weight excluding hydrogens is 288 g/mol. The first-order valence-electron chi connectivity index (χ1n) is 8.09. The molecule has 0 spiro atoms. The highest BCUT2D eigenvalue weighted by molar-refractivity contribution is 5.60. The number of unbranched alkanes of at least 4 members (excludes halogenated alkanes) is 1. The Bertz CT molecular complexity index is 342. The van der Waals surface area contributed by atoms with E-state index in [9.17, 15) is 9.59 Å². The van der Waals surface area contributed by atoms with E-state index in [0.29, 0.717) is 18.9 Å². The predicted molar refractivity (Wildman–Crippen MR) is 80.7 cm³/mol. The minimum atomic E-state index is -0.696. The van der Waals surface area contributed by atoms with Crippen molar-refractivity contribution in [2.24, 2.45) is 5.92 Å². The second-order valence-electron chi connectivity index (χ2n) is 6.09. The SMILES string of the molecule is COC(=O)OC1CCCC(OC(=O)OCCCCC(C)C)C1. The summed E-state index contributed by atoms with van der Waals surface area (Å²) >= 11 is 0. The quantitative estimate of drug-likeness (QED) is 0.521. The average Bonchev–Trinajstić information content (AvgIpc) is 2.46. The minimum absolute atomic E-state index is 0.258. The molecule has 1 aliphatic rings. The molecule has 0 aromatic heterocycles. The molecule has 128 valence electrons. The Labute approximate surface area is 132 Å². The minimum Gasteiger partial charge on any atom is -0.438 e. The van der Waals surface area contributed by atoms with Gasteiger partial charge in [0.05, 0.1) is 13.7 Å². The van der Waals surface area contributed by atoms with Gasteiger partial charge in [0.15, 0.2) is 0 Å². The number of rotatable bonds is 7. The molecule has 6 nitrogen and oxygen atoms in total. The van der Waals surface area contributed by atoms with Gasteiger partial charge in [-0.15, -0.1) is 0 Å². The van der Waals surface area contributed by atoms with Crippen LogP contribution in [0.2, 0.25) is 0 Å². The van der Waals surface area contributed by atoms with Crippen LogP contribution in [0.5, 0.6) is 0 Å². The fourth-order valence-electron chi connectivity index (χ4n) is 2.48. The second-order valence-corrected chi connectivity index (χ2v) is 6.09. The molecule has 0 bridgehead atoms. The molecule has 1 saturated carbocycles. The molecule has 0 aromatic rings. The third kappa shape index (κ3) is 8.10. The summed E-state index contributed by atoms with van der Waals surface area (Å²) < 4.78 is 19.9. The van der Waals surface area contributed by atoms with Crippen LogP contribution in [0.4, 0.5) is 9.59 Å². The molecule has 1 rings (SSSR count). The molecule has 0 N–H and O–H groups in total. The van der Waals surface area contributed by atoms with Crippen LogP contribution < -0.4 is 0 Å². The number of methoxy groups -OCH3 is 1. The maximum atomic E-state index is 11.6. The van der Waals surface area contributed by atoms with E-state index in [2.05, 4.69) is 18.6 Å². The highest BCUT2D eigenvalue weighted by atomic mass is 16.7. The first-order chi connectivity index (χ1) is 10.5. The Morgan fingerprint density at radius 3 is 2.27 bits per heavy atom. The van der Waals surface area contributed by atoms with Gasteiger partial charge in [0.1, 0.15) is 12.2 Å². The Morgan fingerprint density at radius 1 is 1.05 bits per heavy atom. The van der Waals surface area contributed by atoms with Gasteiger partial charge in [-0.05, 0) is 38.0 Å².